The van der Waals surface area contributed by atoms with Crippen LogP contribution in [0.3, 0.4) is 0 Å². The van der Waals surface area contributed by atoms with E-state index in [4.69, 9.17) is 10.5 Å². The van der Waals surface area contributed by atoms with Gasteiger partial charge >= 0.3 is 0 Å². The van der Waals surface area contributed by atoms with Crippen LogP contribution in [0.4, 0.5) is 0 Å². The summed E-state index contributed by atoms with van der Waals surface area (Å²) in [5, 5.41) is 3.10. The average molecular weight is 212 g/mol. The maximum absolute atomic E-state index is 6.10. The van der Waals surface area contributed by atoms with Crippen LogP contribution >= 0.6 is 11.3 Å². The molecule has 1 heterocycles. The first-order valence-corrected chi connectivity index (χ1v) is 5.86. The van der Waals surface area contributed by atoms with E-state index in [1.807, 2.05) is 11.6 Å². The number of hydrogen-bond donors (Lipinski definition) is 1. The van der Waals surface area contributed by atoms with Crippen molar-refractivity contribution in [1.82, 2.24) is 4.98 Å². The van der Waals surface area contributed by atoms with Gasteiger partial charge in [-0.25, -0.2) is 4.98 Å². The second-order valence-corrected chi connectivity index (χ2v) is 4.81. The zero-order valence-corrected chi connectivity index (χ0v) is 9.17. The first kappa shape index (κ1) is 10.1. The molecule has 4 heteroatoms. The third-order valence-electron chi connectivity index (χ3n) is 2.67. The molecule has 0 saturated heterocycles. The Morgan fingerprint density at radius 2 is 2.50 bits per heavy atom. The molecular weight excluding hydrogens is 196 g/mol. The van der Waals surface area contributed by atoms with Crippen molar-refractivity contribution in [2.24, 2.45) is 11.7 Å². The molecule has 0 aromatic carbocycles. The molecule has 1 aromatic rings. The molecule has 2 rings (SSSR count). The maximum Gasteiger partial charge on any atom is 0.0941 e. The number of aromatic nitrogens is 1. The smallest absolute Gasteiger partial charge is 0.0941 e. The Bertz CT molecular complexity index is 272. The fraction of sp³-hybridized carbons (Fsp3) is 0.700. The van der Waals surface area contributed by atoms with Gasteiger partial charge in [0.15, 0.2) is 0 Å². The molecule has 0 bridgehead atoms. The molecule has 1 aromatic heterocycles. The SMILES string of the molecule is COC(C(N)Cc1nccs1)C1CC1. The summed E-state index contributed by atoms with van der Waals surface area (Å²) < 4.78 is 5.44. The second kappa shape index (κ2) is 4.38. The first-order valence-electron chi connectivity index (χ1n) is 4.98. The molecule has 2 unspecified atom stereocenters. The lowest BCUT2D eigenvalue weighted by Gasteiger charge is -2.21. The standard InChI is InChI=1S/C10H16N2OS/c1-13-10(7-2-3-7)8(11)6-9-12-4-5-14-9/h4-5,7-8,10H,2-3,6,11H2,1H3. The van der Waals surface area contributed by atoms with Crippen molar-refractivity contribution < 1.29 is 4.74 Å². The number of methoxy groups -OCH3 is 1. The van der Waals surface area contributed by atoms with Gasteiger partial charge in [-0.05, 0) is 18.8 Å². The van der Waals surface area contributed by atoms with Gasteiger partial charge in [-0.2, -0.15) is 0 Å². The lowest BCUT2D eigenvalue weighted by molar-refractivity contribution is 0.0626. The lowest BCUT2D eigenvalue weighted by Crippen LogP contribution is -2.39. The Labute approximate surface area is 88.3 Å². The minimum atomic E-state index is 0.0960. The highest BCUT2D eigenvalue weighted by atomic mass is 32.1. The summed E-state index contributed by atoms with van der Waals surface area (Å²) >= 11 is 1.66. The highest BCUT2D eigenvalue weighted by molar-refractivity contribution is 7.09. The van der Waals surface area contributed by atoms with E-state index in [-0.39, 0.29) is 12.1 Å². The van der Waals surface area contributed by atoms with E-state index in [9.17, 15) is 0 Å². The van der Waals surface area contributed by atoms with E-state index in [2.05, 4.69) is 4.98 Å². The number of rotatable bonds is 5. The van der Waals surface area contributed by atoms with Crippen LogP contribution < -0.4 is 5.73 Å². The Morgan fingerprint density at radius 1 is 1.71 bits per heavy atom. The molecule has 78 valence electrons. The Hall–Kier alpha value is -0.450. The monoisotopic (exact) mass is 212 g/mol. The Balaban J connectivity index is 1.90. The van der Waals surface area contributed by atoms with Crippen molar-refractivity contribution in [3.8, 4) is 0 Å². The van der Waals surface area contributed by atoms with Crippen molar-refractivity contribution in [2.45, 2.75) is 31.4 Å². The quantitative estimate of drug-likeness (QED) is 0.803. The molecule has 14 heavy (non-hydrogen) atoms. The Morgan fingerprint density at radius 3 is 3.00 bits per heavy atom. The molecule has 1 aliphatic carbocycles. The highest BCUT2D eigenvalue weighted by Gasteiger charge is 2.35. The van der Waals surface area contributed by atoms with Crippen molar-refractivity contribution in [3.63, 3.8) is 0 Å². The summed E-state index contributed by atoms with van der Waals surface area (Å²) in [6, 6.07) is 0.0960. The minimum absolute atomic E-state index is 0.0960. The molecule has 0 radical (unpaired) electrons. The van der Waals surface area contributed by atoms with Crippen LogP contribution in [-0.2, 0) is 11.2 Å². The van der Waals surface area contributed by atoms with E-state index in [1.54, 1.807) is 18.4 Å². The van der Waals surface area contributed by atoms with Crippen LogP contribution in [0, 0.1) is 5.92 Å². The minimum Gasteiger partial charge on any atom is -0.380 e. The summed E-state index contributed by atoms with van der Waals surface area (Å²) in [7, 11) is 1.75. The molecule has 1 aliphatic rings. The summed E-state index contributed by atoms with van der Waals surface area (Å²) in [6.45, 7) is 0. The summed E-state index contributed by atoms with van der Waals surface area (Å²) in [6.07, 6.45) is 5.42. The van der Waals surface area contributed by atoms with Gasteiger partial charge in [0.25, 0.3) is 0 Å². The molecule has 0 amide bonds. The van der Waals surface area contributed by atoms with Gasteiger partial charge < -0.3 is 10.5 Å². The van der Waals surface area contributed by atoms with Crippen molar-refractivity contribution in [3.05, 3.63) is 16.6 Å². The van der Waals surface area contributed by atoms with Gasteiger partial charge in [0.1, 0.15) is 0 Å². The zero-order chi connectivity index (χ0) is 9.97. The maximum atomic E-state index is 6.10. The molecule has 3 nitrogen and oxygen atoms in total. The molecule has 1 fully saturated rings. The number of thiazole rings is 1. The third kappa shape index (κ3) is 2.32. The molecular formula is C10H16N2OS. The van der Waals surface area contributed by atoms with Crippen LogP contribution in [0.5, 0.6) is 0 Å². The van der Waals surface area contributed by atoms with E-state index in [0.717, 1.165) is 11.4 Å². The van der Waals surface area contributed by atoms with E-state index < -0.39 is 0 Å². The summed E-state index contributed by atoms with van der Waals surface area (Å²) in [4.78, 5) is 4.24. The fourth-order valence-corrected chi connectivity index (χ4v) is 2.50. The predicted octanol–water partition coefficient (Wildman–Crippen LogP) is 1.44. The number of nitrogens with two attached hydrogens (primary N) is 1. The van der Waals surface area contributed by atoms with Crippen LogP contribution in [0.1, 0.15) is 17.8 Å². The van der Waals surface area contributed by atoms with Gasteiger partial charge in [0.05, 0.1) is 11.1 Å². The predicted molar refractivity (Wildman–Crippen MR) is 57.3 cm³/mol. The Kier molecular flexibility index (Phi) is 3.15. The van der Waals surface area contributed by atoms with Gasteiger partial charge in [0.2, 0.25) is 0 Å². The van der Waals surface area contributed by atoms with E-state index in [0.29, 0.717) is 5.92 Å². The van der Waals surface area contributed by atoms with Crippen molar-refractivity contribution in [2.75, 3.05) is 7.11 Å². The molecule has 2 N–H and O–H groups in total. The number of ether oxygens (including phenoxy) is 1. The average Bonchev–Trinajstić information content (AvgIpc) is 2.86. The number of nitrogens with zero attached hydrogens (tertiary/aromatic N) is 1. The van der Waals surface area contributed by atoms with Crippen LogP contribution in [0.15, 0.2) is 11.6 Å². The second-order valence-electron chi connectivity index (χ2n) is 3.83. The number of hydrogen-bond acceptors (Lipinski definition) is 4. The molecule has 1 saturated carbocycles. The molecule has 0 aliphatic heterocycles. The highest BCUT2D eigenvalue weighted by Crippen LogP contribution is 2.35. The summed E-state index contributed by atoms with van der Waals surface area (Å²) in [5.41, 5.74) is 6.10. The zero-order valence-electron chi connectivity index (χ0n) is 8.35. The van der Waals surface area contributed by atoms with E-state index in [1.165, 1.54) is 12.8 Å². The summed E-state index contributed by atoms with van der Waals surface area (Å²) in [5.74, 6) is 0.690. The van der Waals surface area contributed by atoms with Crippen molar-refractivity contribution in [1.29, 1.82) is 0 Å². The molecule has 0 spiro atoms. The van der Waals surface area contributed by atoms with Crippen LogP contribution in [-0.4, -0.2) is 24.2 Å². The van der Waals surface area contributed by atoms with Crippen LogP contribution in [0.2, 0.25) is 0 Å². The topological polar surface area (TPSA) is 48.1 Å². The fourth-order valence-electron chi connectivity index (χ4n) is 1.81. The van der Waals surface area contributed by atoms with Gasteiger partial charge in [-0.1, -0.05) is 0 Å². The molecule has 2 atom stereocenters. The van der Waals surface area contributed by atoms with E-state index >= 15 is 0 Å². The van der Waals surface area contributed by atoms with Gasteiger partial charge in [0, 0.05) is 31.1 Å². The van der Waals surface area contributed by atoms with Gasteiger partial charge in [-0.3, -0.25) is 0 Å². The first-order chi connectivity index (χ1) is 6.81. The van der Waals surface area contributed by atoms with Gasteiger partial charge in [-0.15, -0.1) is 11.3 Å². The van der Waals surface area contributed by atoms with Crippen LogP contribution in [0.25, 0.3) is 0 Å². The normalized spacial score (nSPS) is 20.7. The lowest BCUT2D eigenvalue weighted by atomic mass is 10.0. The largest absolute Gasteiger partial charge is 0.380 e. The third-order valence-corrected chi connectivity index (χ3v) is 3.48. The van der Waals surface area contributed by atoms with Crippen molar-refractivity contribution >= 4 is 11.3 Å².